The summed E-state index contributed by atoms with van der Waals surface area (Å²) < 4.78 is 16.5. The Hall–Kier alpha value is -3.91. The largest absolute Gasteiger partial charge is 0.497 e. The van der Waals surface area contributed by atoms with Gasteiger partial charge in [0.15, 0.2) is 5.13 Å². The van der Waals surface area contributed by atoms with Gasteiger partial charge in [-0.05, 0) is 42.5 Å². The first-order valence-corrected chi connectivity index (χ1v) is 10.7. The lowest BCUT2D eigenvalue weighted by atomic mass is 10.1. The number of ether oxygens (including phenoxy) is 3. The third-order valence-electron chi connectivity index (χ3n) is 4.63. The minimum atomic E-state index is -0.268. The number of amides is 1. The lowest BCUT2D eigenvalue weighted by Crippen LogP contribution is -2.11. The fourth-order valence-corrected chi connectivity index (χ4v) is 3.72. The Balaban J connectivity index is 1.46. The fraction of sp³-hybridized carbons (Fsp3) is 0.125. The summed E-state index contributed by atoms with van der Waals surface area (Å²) in [5.41, 5.74) is 2.90. The van der Waals surface area contributed by atoms with E-state index >= 15 is 0 Å². The summed E-state index contributed by atoms with van der Waals surface area (Å²) in [5, 5.41) is 5.19. The second-order valence-corrected chi connectivity index (χ2v) is 7.59. The number of carbonyl (C=O) groups is 1. The monoisotopic (exact) mass is 447 g/mol. The van der Waals surface area contributed by atoms with Crippen molar-refractivity contribution in [2.24, 2.45) is 0 Å². The van der Waals surface area contributed by atoms with Crippen LogP contribution in [0, 0.1) is 0 Å². The first-order valence-electron chi connectivity index (χ1n) is 9.77. The topological polar surface area (TPSA) is 82.6 Å². The van der Waals surface area contributed by atoms with E-state index in [4.69, 9.17) is 14.2 Å². The zero-order chi connectivity index (χ0) is 22.3. The van der Waals surface area contributed by atoms with E-state index in [2.05, 4.69) is 15.3 Å². The maximum Gasteiger partial charge on any atom is 0.257 e. The van der Waals surface area contributed by atoms with E-state index in [0.29, 0.717) is 40.2 Å². The van der Waals surface area contributed by atoms with E-state index in [-0.39, 0.29) is 5.91 Å². The van der Waals surface area contributed by atoms with Gasteiger partial charge < -0.3 is 14.2 Å². The van der Waals surface area contributed by atoms with Gasteiger partial charge in [0.2, 0.25) is 0 Å². The number of nitrogens with one attached hydrogen (secondary N) is 1. The van der Waals surface area contributed by atoms with Crippen LogP contribution < -0.4 is 19.5 Å². The molecule has 0 saturated heterocycles. The second kappa shape index (κ2) is 9.93. The molecule has 0 aliphatic carbocycles. The van der Waals surface area contributed by atoms with Crippen molar-refractivity contribution in [3.8, 4) is 28.5 Å². The minimum Gasteiger partial charge on any atom is -0.497 e. The Kier molecular flexibility index (Phi) is 6.62. The third kappa shape index (κ3) is 5.04. The quantitative estimate of drug-likeness (QED) is 0.407. The van der Waals surface area contributed by atoms with Crippen LogP contribution in [0.25, 0.3) is 11.3 Å². The highest BCUT2D eigenvalue weighted by atomic mass is 32.1. The molecule has 0 fully saturated rings. The van der Waals surface area contributed by atoms with Gasteiger partial charge in [-0.1, -0.05) is 12.1 Å². The van der Waals surface area contributed by atoms with Crippen LogP contribution in [0.15, 0.2) is 72.4 Å². The summed E-state index contributed by atoms with van der Waals surface area (Å²) in [6, 6.07) is 16.3. The number of rotatable bonds is 8. The first kappa shape index (κ1) is 21.3. The number of aromatic nitrogens is 2. The van der Waals surface area contributed by atoms with E-state index in [1.807, 2.05) is 41.8 Å². The number of hydrogen-bond acceptors (Lipinski definition) is 7. The number of carbonyl (C=O) groups excluding carboxylic acids is 1. The molecular formula is C24H21N3O4S. The molecule has 8 heteroatoms. The molecule has 0 unspecified atom stereocenters. The third-order valence-corrected chi connectivity index (χ3v) is 5.39. The van der Waals surface area contributed by atoms with Gasteiger partial charge in [-0.3, -0.25) is 15.1 Å². The Morgan fingerprint density at radius 3 is 2.72 bits per heavy atom. The number of methoxy groups -OCH3 is 2. The van der Waals surface area contributed by atoms with E-state index in [1.165, 1.54) is 11.3 Å². The molecule has 4 aromatic rings. The molecule has 0 radical (unpaired) electrons. The summed E-state index contributed by atoms with van der Waals surface area (Å²) in [5.74, 6) is 1.70. The summed E-state index contributed by atoms with van der Waals surface area (Å²) in [6.07, 6.45) is 3.46. The number of nitrogens with zero attached hydrogens (tertiary/aromatic N) is 2. The van der Waals surface area contributed by atoms with Crippen LogP contribution in [0.2, 0.25) is 0 Å². The van der Waals surface area contributed by atoms with E-state index < -0.39 is 0 Å². The van der Waals surface area contributed by atoms with Crippen LogP contribution in [0.3, 0.4) is 0 Å². The van der Waals surface area contributed by atoms with Gasteiger partial charge in [-0.25, -0.2) is 4.98 Å². The second-order valence-electron chi connectivity index (χ2n) is 6.74. The van der Waals surface area contributed by atoms with Gasteiger partial charge in [-0.15, -0.1) is 11.3 Å². The first-order chi connectivity index (χ1) is 15.7. The van der Waals surface area contributed by atoms with Gasteiger partial charge in [0.1, 0.15) is 23.9 Å². The van der Waals surface area contributed by atoms with Crippen LogP contribution in [-0.4, -0.2) is 30.1 Å². The Labute approximate surface area is 189 Å². The van der Waals surface area contributed by atoms with Crippen molar-refractivity contribution in [2.45, 2.75) is 6.61 Å². The Morgan fingerprint density at radius 2 is 1.94 bits per heavy atom. The Morgan fingerprint density at radius 1 is 1.03 bits per heavy atom. The van der Waals surface area contributed by atoms with Crippen LogP contribution in [0.5, 0.6) is 17.2 Å². The van der Waals surface area contributed by atoms with Crippen molar-refractivity contribution < 1.29 is 19.0 Å². The normalized spacial score (nSPS) is 10.4. The van der Waals surface area contributed by atoms with E-state index in [1.54, 1.807) is 44.8 Å². The zero-order valence-electron chi connectivity index (χ0n) is 17.6. The number of anilines is 1. The summed E-state index contributed by atoms with van der Waals surface area (Å²) >= 11 is 1.33. The number of pyridine rings is 1. The van der Waals surface area contributed by atoms with Crippen molar-refractivity contribution in [3.05, 3.63) is 83.5 Å². The van der Waals surface area contributed by atoms with Crippen molar-refractivity contribution in [1.82, 2.24) is 9.97 Å². The molecule has 162 valence electrons. The molecule has 1 N–H and O–H groups in total. The van der Waals surface area contributed by atoms with Gasteiger partial charge in [-0.2, -0.15) is 0 Å². The molecule has 0 saturated carbocycles. The predicted molar refractivity (Wildman–Crippen MR) is 124 cm³/mol. The van der Waals surface area contributed by atoms with Crippen LogP contribution in [0.4, 0.5) is 5.13 Å². The van der Waals surface area contributed by atoms with Crippen LogP contribution in [-0.2, 0) is 6.61 Å². The lowest BCUT2D eigenvalue weighted by molar-refractivity contribution is 0.102. The lowest BCUT2D eigenvalue weighted by Gasteiger charge is -2.09. The number of thiazole rings is 1. The highest BCUT2D eigenvalue weighted by Crippen LogP contribution is 2.35. The van der Waals surface area contributed by atoms with Crippen molar-refractivity contribution in [1.29, 1.82) is 0 Å². The molecule has 4 rings (SSSR count). The van der Waals surface area contributed by atoms with Crippen LogP contribution >= 0.6 is 11.3 Å². The highest BCUT2D eigenvalue weighted by molar-refractivity contribution is 7.14. The SMILES string of the molecule is COc1ccc(OC)c(-c2csc(NC(=O)c3cccc(OCc4cccnc4)c3)n2)c1. The predicted octanol–water partition coefficient (Wildman–Crippen LogP) is 5.05. The molecule has 0 bridgehead atoms. The molecular weight excluding hydrogens is 426 g/mol. The molecule has 32 heavy (non-hydrogen) atoms. The molecule has 0 atom stereocenters. The molecule has 1 amide bonds. The number of benzene rings is 2. The molecule has 0 aliphatic heterocycles. The molecule has 2 heterocycles. The van der Waals surface area contributed by atoms with Crippen LogP contribution in [0.1, 0.15) is 15.9 Å². The van der Waals surface area contributed by atoms with Gasteiger partial charge in [0.05, 0.1) is 19.9 Å². The maximum atomic E-state index is 12.8. The molecule has 2 aromatic carbocycles. The summed E-state index contributed by atoms with van der Waals surface area (Å²) in [4.78, 5) is 21.4. The summed E-state index contributed by atoms with van der Waals surface area (Å²) in [6.45, 7) is 0.372. The van der Waals surface area contributed by atoms with E-state index in [0.717, 1.165) is 11.1 Å². The zero-order valence-corrected chi connectivity index (χ0v) is 18.4. The summed E-state index contributed by atoms with van der Waals surface area (Å²) in [7, 11) is 3.20. The molecule has 0 spiro atoms. The Bertz CT molecular complexity index is 1210. The van der Waals surface area contributed by atoms with Crippen molar-refractivity contribution in [3.63, 3.8) is 0 Å². The van der Waals surface area contributed by atoms with Gasteiger partial charge in [0, 0.05) is 34.5 Å². The van der Waals surface area contributed by atoms with Crippen molar-refractivity contribution in [2.75, 3.05) is 19.5 Å². The fourth-order valence-electron chi connectivity index (χ4n) is 3.02. The van der Waals surface area contributed by atoms with E-state index in [9.17, 15) is 4.79 Å². The smallest absolute Gasteiger partial charge is 0.257 e. The molecule has 0 aliphatic rings. The van der Waals surface area contributed by atoms with Crippen molar-refractivity contribution >= 4 is 22.4 Å². The average Bonchev–Trinajstić information content (AvgIpc) is 3.31. The van der Waals surface area contributed by atoms with Gasteiger partial charge >= 0.3 is 0 Å². The maximum absolute atomic E-state index is 12.8. The molecule has 7 nitrogen and oxygen atoms in total. The minimum absolute atomic E-state index is 0.268. The molecule has 2 aromatic heterocycles. The highest BCUT2D eigenvalue weighted by Gasteiger charge is 2.14. The van der Waals surface area contributed by atoms with Gasteiger partial charge in [0.25, 0.3) is 5.91 Å². The number of hydrogen-bond donors (Lipinski definition) is 1. The standard InChI is InChI=1S/C24H21N3O4S/c1-29-18-8-9-22(30-2)20(12-18)21-15-32-24(26-21)27-23(28)17-6-3-7-19(11-17)31-14-16-5-4-10-25-13-16/h3-13,15H,14H2,1-2H3,(H,26,27,28). The average molecular weight is 448 g/mol.